The van der Waals surface area contributed by atoms with Crippen LogP contribution in [0.25, 0.3) is 11.4 Å². The lowest BCUT2D eigenvalue weighted by atomic mass is 9.81. The molecule has 0 radical (unpaired) electrons. The quantitative estimate of drug-likeness (QED) is 0.726. The maximum Gasteiger partial charge on any atom is 0.227 e. The zero-order valence-corrected chi connectivity index (χ0v) is 16.2. The maximum absolute atomic E-state index is 12.5. The van der Waals surface area contributed by atoms with Gasteiger partial charge in [0.15, 0.2) is 0 Å². The molecule has 8 heteroatoms. The van der Waals surface area contributed by atoms with Gasteiger partial charge in [-0.15, -0.1) is 0 Å². The van der Waals surface area contributed by atoms with Gasteiger partial charge in [0.1, 0.15) is 0 Å². The highest BCUT2D eigenvalue weighted by molar-refractivity contribution is 5.79. The predicted octanol–water partition coefficient (Wildman–Crippen LogP) is 2.18. The molecule has 29 heavy (non-hydrogen) atoms. The topological polar surface area (TPSA) is 110 Å². The largest absolute Gasteiger partial charge is 0.351 e. The molecule has 1 unspecified atom stereocenters. The lowest BCUT2D eigenvalue weighted by molar-refractivity contribution is -0.127. The van der Waals surface area contributed by atoms with E-state index in [-0.39, 0.29) is 30.3 Å². The van der Waals surface area contributed by atoms with Crippen molar-refractivity contribution in [2.45, 2.75) is 57.0 Å². The molecule has 1 aliphatic carbocycles. The van der Waals surface area contributed by atoms with E-state index < -0.39 is 0 Å². The van der Waals surface area contributed by atoms with Gasteiger partial charge >= 0.3 is 0 Å². The van der Waals surface area contributed by atoms with Crippen LogP contribution in [0.5, 0.6) is 0 Å². The Bertz CT molecular complexity index is 879. The van der Waals surface area contributed by atoms with Gasteiger partial charge in [-0.3, -0.25) is 14.6 Å². The molecule has 2 aliphatic rings. The van der Waals surface area contributed by atoms with Crippen LogP contribution in [0, 0.1) is 5.92 Å². The molecule has 2 aromatic rings. The molecule has 3 heterocycles. The van der Waals surface area contributed by atoms with E-state index in [4.69, 9.17) is 4.52 Å². The van der Waals surface area contributed by atoms with Crippen molar-refractivity contribution < 1.29 is 14.1 Å². The van der Waals surface area contributed by atoms with Crippen LogP contribution in [-0.4, -0.2) is 39.0 Å². The average molecular weight is 395 g/mol. The van der Waals surface area contributed by atoms with E-state index in [0.29, 0.717) is 36.9 Å². The molecule has 8 nitrogen and oxygen atoms in total. The third kappa shape index (κ3) is 4.88. The molecule has 2 aromatic heterocycles. The van der Waals surface area contributed by atoms with Gasteiger partial charge in [-0.25, -0.2) is 0 Å². The summed E-state index contributed by atoms with van der Waals surface area (Å²) in [5.41, 5.74) is 0.821. The molecule has 0 saturated carbocycles. The fourth-order valence-electron chi connectivity index (χ4n) is 4.05. The molecule has 0 spiro atoms. The van der Waals surface area contributed by atoms with Crippen LogP contribution in [-0.2, 0) is 16.0 Å². The van der Waals surface area contributed by atoms with Crippen LogP contribution in [0.4, 0.5) is 0 Å². The summed E-state index contributed by atoms with van der Waals surface area (Å²) in [6.07, 6.45) is 12.4. The van der Waals surface area contributed by atoms with Crippen molar-refractivity contribution in [3.63, 3.8) is 0 Å². The van der Waals surface area contributed by atoms with E-state index in [2.05, 4.69) is 37.9 Å². The van der Waals surface area contributed by atoms with Crippen LogP contribution >= 0.6 is 0 Å². The number of rotatable bonds is 6. The van der Waals surface area contributed by atoms with Gasteiger partial charge in [0.25, 0.3) is 0 Å². The SMILES string of the molecule is O=C(CCc1nc(-c2ccncc2)no1)N[C@@H]1CCC(=O)N[C@H]1C1CC=CCC1. The minimum Gasteiger partial charge on any atom is -0.351 e. The summed E-state index contributed by atoms with van der Waals surface area (Å²) in [7, 11) is 0. The van der Waals surface area contributed by atoms with Gasteiger partial charge in [-0.1, -0.05) is 17.3 Å². The van der Waals surface area contributed by atoms with Crippen LogP contribution in [0.3, 0.4) is 0 Å². The van der Waals surface area contributed by atoms with E-state index in [1.54, 1.807) is 24.5 Å². The third-order valence-electron chi connectivity index (χ3n) is 5.58. The number of aromatic nitrogens is 3. The average Bonchev–Trinajstić information content (AvgIpc) is 3.24. The Labute approximate surface area is 169 Å². The van der Waals surface area contributed by atoms with Gasteiger partial charge < -0.3 is 15.2 Å². The smallest absolute Gasteiger partial charge is 0.227 e. The first-order chi connectivity index (χ1) is 14.2. The number of aryl methyl sites for hydroxylation is 1. The Morgan fingerprint density at radius 1 is 1.24 bits per heavy atom. The zero-order valence-electron chi connectivity index (χ0n) is 16.2. The molecule has 152 valence electrons. The first-order valence-electron chi connectivity index (χ1n) is 10.2. The molecule has 0 bridgehead atoms. The normalized spacial score (nSPS) is 24.1. The molecular formula is C21H25N5O3. The van der Waals surface area contributed by atoms with Crippen molar-refractivity contribution >= 4 is 11.8 Å². The standard InChI is InChI=1S/C21H25N5O3/c27-17(8-9-19-25-21(26-29-19)15-10-12-22-13-11-15)23-16-6-7-18(28)24-20(16)14-4-2-1-3-5-14/h1-2,10-14,16,20H,3-9H2,(H,23,27)(H,24,28)/t14?,16-,20+/m1/s1. The molecule has 1 saturated heterocycles. The maximum atomic E-state index is 12.5. The van der Waals surface area contributed by atoms with Gasteiger partial charge in [-0.05, 0) is 43.7 Å². The van der Waals surface area contributed by atoms with Gasteiger partial charge in [0.05, 0.1) is 6.04 Å². The second-order valence-corrected chi connectivity index (χ2v) is 7.60. The van der Waals surface area contributed by atoms with Crippen molar-refractivity contribution in [3.05, 3.63) is 42.6 Å². The van der Waals surface area contributed by atoms with E-state index in [1.807, 2.05) is 0 Å². The molecular weight excluding hydrogens is 370 g/mol. The second kappa shape index (κ2) is 8.98. The second-order valence-electron chi connectivity index (χ2n) is 7.60. The van der Waals surface area contributed by atoms with E-state index in [1.165, 1.54) is 0 Å². The highest BCUT2D eigenvalue weighted by Crippen LogP contribution is 2.27. The summed E-state index contributed by atoms with van der Waals surface area (Å²) in [6, 6.07) is 3.57. The first-order valence-corrected chi connectivity index (χ1v) is 10.2. The van der Waals surface area contributed by atoms with Crippen molar-refractivity contribution in [2.24, 2.45) is 5.92 Å². The van der Waals surface area contributed by atoms with Crippen LogP contribution < -0.4 is 10.6 Å². The van der Waals surface area contributed by atoms with Gasteiger partial charge in [0, 0.05) is 43.3 Å². The summed E-state index contributed by atoms with van der Waals surface area (Å²) in [6.45, 7) is 0. The summed E-state index contributed by atoms with van der Waals surface area (Å²) < 4.78 is 5.26. The molecule has 3 atom stereocenters. The first kappa shape index (κ1) is 19.3. The van der Waals surface area contributed by atoms with Crippen molar-refractivity contribution in [2.75, 3.05) is 0 Å². The Balaban J connectivity index is 1.32. The Hall–Kier alpha value is -3.03. The number of carbonyl (C=O) groups is 2. The summed E-state index contributed by atoms with van der Waals surface area (Å²) in [5.74, 6) is 1.30. The number of nitrogens with one attached hydrogen (secondary N) is 2. The Kier molecular flexibility index (Phi) is 5.97. The fourth-order valence-corrected chi connectivity index (χ4v) is 4.05. The number of amides is 2. The predicted molar refractivity (Wildman–Crippen MR) is 105 cm³/mol. The molecule has 4 rings (SSSR count). The number of pyridine rings is 1. The highest BCUT2D eigenvalue weighted by Gasteiger charge is 2.35. The molecule has 2 amide bonds. The minimum absolute atomic E-state index is 0.00755. The molecule has 2 N–H and O–H groups in total. The Morgan fingerprint density at radius 3 is 2.90 bits per heavy atom. The van der Waals surface area contributed by atoms with Crippen molar-refractivity contribution in [1.29, 1.82) is 0 Å². The van der Waals surface area contributed by atoms with E-state index >= 15 is 0 Å². The van der Waals surface area contributed by atoms with E-state index in [9.17, 15) is 9.59 Å². The number of nitrogens with zero attached hydrogens (tertiary/aromatic N) is 3. The van der Waals surface area contributed by atoms with Crippen LogP contribution in [0.1, 0.15) is 44.4 Å². The number of piperidine rings is 1. The molecule has 0 aromatic carbocycles. The van der Waals surface area contributed by atoms with Gasteiger partial charge in [-0.2, -0.15) is 4.98 Å². The monoisotopic (exact) mass is 395 g/mol. The summed E-state index contributed by atoms with van der Waals surface area (Å²) in [5, 5.41) is 10.2. The Morgan fingerprint density at radius 2 is 2.10 bits per heavy atom. The lowest BCUT2D eigenvalue weighted by Crippen LogP contribution is -2.58. The third-order valence-corrected chi connectivity index (χ3v) is 5.58. The molecule has 1 aliphatic heterocycles. The van der Waals surface area contributed by atoms with Crippen LogP contribution in [0.2, 0.25) is 0 Å². The number of hydrogen-bond acceptors (Lipinski definition) is 6. The van der Waals surface area contributed by atoms with Crippen molar-refractivity contribution in [1.82, 2.24) is 25.8 Å². The minimum atomic E-state index is -0.0637. The summed E-state index contributed by atoms with van der Waals surface area (Å²) in [4.78, 5) is 32.8. The summed E-state index contributed by atoms with van der Waals surface area (Å²) >= 11 is 0. The fraction of sp³-hybridized carbons (Fsp3) is 0.476. The lowest BCUT2D eigenvalue weighted by Gasteiger charge is -2.38. The van der Waals surface area contributed by atoms with E-state index in [0.717, 1.165) is 24.8 Å². The van der Waals surface area contributed by atoms with Gasteiger partial charge in [0.2, 0.25) is 23.5 Å². The number of hydrogen-bond donors (Lipinski definition) is 2. The molecule has 1 fully saturated rings. The number of allylic oxidation sites excluding steroid dienone is 2. The number of carbonyl (C=O) groups excluding carboxylic acids is 2. The highest BCUT2D eigenvalue weighted by atomic mass is 16.5. The zero-order chi connectivity index (χ0) is 20.1. The van der Waals surface area contributed by atoms with Crippen LogP contribution in [0.15, 0.2) is 41.2 Å². The van der Waals surface area contributed by atoms with Crippen molar-refractivity contribution in [3.8, 4) is 11.4 Å².